The zero-order chi connectivity index (χ0) is 11.3. The molecule has 2 aromatic carbocycles. The van der Waals surface area contributed by atoms with Gasteiger partial charge in [0.1, 0.15) is 5.66 Å². The van der Waals surface area contributed by atoms with Crippen LogP contribution in [0.2, 0.25) is 0 Å². The normalized spacial score (nSPS) is 20.2. The van der Waals surface area contributed by atoms with Crippen molar-refractivity contribution in [1.29, 1.82) is 0 Å². The van der Waals surface area contributed by atoms with E-state index in [1.165, 1.54) is 47.8 Å². The smallest absolute Gasteiger partial charge is 0.108 e. The Morgan fingerprint density at radius 3 is 2.00 bits per heavy atom. The van der Waals surface area contributed by atoms with Crippen LogP contribution in [-0.4, -0.2) is 5.66 Å². The monoisotopic (exact) mass is 224 g/mol. The molecule has 0 aromatic heterocycles. The van der Waals surface area contributed by atoms with Crippen LogP contribution in [0.25, 0.3) is 10.8 Å². The third-order valence-corrected chi connectivity index (χ3v) is 4.11. The van der Waals surface area contributed by atoms with Gasteiger partial charge in [-0.3, -0.25) is 0 Å². The Hall–Kier alpha value is -1.70. The lowest BCUT2D eigenvalue weighted by Gasteiger charge is -2.38. The van der Waals surface area contributed by atoms with E-state index in [2.05, 4.69) is 47.0 Å². The Morgan fingerprint density at radius 2 is 1.41 bits per heavy atom. The maximum absolute atomic E-state index is 3.73. The van der Waals surface area contributed by atoms with E-state index in [-0.39, 0.29) is 5.66 Å². The first-order chi connectivity index (χ1) is 8.36. The lowest BCUT2D eigenvalue weighted by atomic mass is 9.98. The van der Waals surface area contributed by atoms with E-state index < -0.39 is 0 Å². The van der Waals surface area contributed by atoms with Gasteiger partial charge in [0, 0.05) is 16.8 Å². The van der Waals surface area contributed by atoms with Gasteiger partial charge in [-0.05, 0) is 43.2 Å². The predicted octanol–water partition coefficient (Wildman–Crippen LogP) is 3.95. The van der Waals surface area contributed by atoms with E-state index in [9.17, 15) is 0 Å². The van der Waals surface area contributed by atoms with Gasteiger partial charge in [0.2, 0.25) is 0 Å². The van der Waals surface area contributed by atoms with Gasteiger partial charge in [0.25, 0.3) is 0 Å². The van der Waals surface area contributed by atoms with Crippen LogP contribution in [0.5, 0.6) is 0 Å². The minimum atomic E-state index is 0.114. The number of hydrogen-bond acceptors (Lipinski definition) is 2. The largest absolute Gasteiger partial charge is 0.362 e. The molecule has 0 amide bonds. The molecule has 1 aliphatic heterocycles. The van der Waals surface area contributed by atoms with E-state index >= 15 is 0 Å². The van der Waals surface area contributed by atoms with Gasteiger partial charge in [0.05, 0.1) is 0 Å². The Balaban J connectivity index is 1.95. The summed E-state index contributed by atoms with van der Waals surface area (Å²) in [4.78, 5) is 0. The summed E-state index contributed by atoms with van der Waals surface area (Å²) < 4.78 is 0. The molecule has 2 N–H and O–H groups in total. The molecule has 2 aliphatic rings. The fraction of sp³-hybridized carbons (Fsp3) is 0.333. The second-order valence-electron chi connectivity index (χ2n) is 5.25. The Labute approximate surface area is 101 Å². The highest BCUT2D eigenvalue weighted by atomic mass is 15.2. The average molecular weight is 224 g/mol. The molecular weight excluding hydrogens is 208 g/mol. The molecular formula is C15H16N2. The Bertz CT molecular complexity index is 540. The standard InChI is InChI=1S/C15H16N2/c1-2-10-15(9-1)16-12-7-3-5-11-6-4-8-13(17-15)14(11)12/h3-8,16-17H,1-2,9-10H2. The van der Waals surface area contributed by atoms with Gasteiger partial charge in [-0.15, -0.1) is 0 Å². The maximum atomic E-state index is 3.73. The summed E-state index contributed by atoms with van der Waals surface area (Å²) in [7, 11) is 0. The summed E-state index contributed by atoms with van der Waals surface area (Å²) in [5.74, 6) is 0. The molecule has 0 saturated heterocycles. The highest BCUT2D eigenvalue weighted by Crippen LogP contribution is 2.43. The molecule has 2 nitrogen and oxygen atoms in total. The summed E-state index contributed by atoms with van der Waals surface area (Å²) >= 11 is 0. The molecule has 2 heteroatoms. The molecule has 1 aliphatic carbocycles. The van der Waals surface area contributed by atoms with Crippen molar-refractivity contribution in [2.75, 3.05) is 10.6 Å². The van der Waals surface area contributed by atoms with Crippen molar-refractivity contribution in [3.8, 4) is 0 Å². The molecule has 0 atom stereocenters. The number of benzene rings is 2. The maximum Gasteiger partial charge on any atom is 0.108 e. The Kier molecular flexibility index (Phi) is 1.74. The van der Waals surface area contributed by atoms with Crippen LogP contribution in [0.4, 0.5) is 11.4 Å². The lowest BCUT2D eigenvalue weighted by molar-refractivity contribution is 0.547. The first-order valence-corrected chi connectivity index (χ1v) is 6.45. The molecule has 1 heterocycles. The van der Waals surface area contributed by atoms with E-state index in [1.807, 2.05) is 0 Å². The topological polar surface area (TPSA) is 24.1 Å². The summed E-state index contributed by atoms with van der Waals surface area (Å²) in [5, 5.41) is 10.1. The van der Waals surface area contributed by atoms with Crippen LogP contribution >= 0.6 is 0 Å². The van der Waals surface area contributed by atoms with Crippen molar-refractivity contribution >= 4 is 22.1 Å². The molecule has 86 valence electrons. The van der Waals surface area contributed by atoms with Gasteiger partial charge in [-0.2, -0.15) is 0 Å². The van der Waals surface area contributed by atoms with Crippen molar-refractivity contribution in [3.63, 3.8) is 0 Å². The fourth-order valence-corrected chi connectivity index (χ4v) is 3.32. The minimum Gasteiger partial charge on any atom is -0.362 e. The minimum absolute atomic E-state index is 0.114. The number of anilines is 2. The summed E-state index contributed by atoms with van der Waals surface area (Å²) in [6.45, 7) is 0. The Morgan fingerprint density at radius 1 is 0.824 bits per heavy atom. The van der Waals surface area contributed by atoms with Crippen LogP contribution in [-0.2, 0) is 0 Å². The average Bonchev–Trinajstić information content (AvgIpc) is 2.77. The SMILES string of the molecule is c1cc2c3c(cccc3c1)NC1(CCCC1)N2. The van der Waals surface area contributed by atoms with Gasteiger partial charge >= 0.3 is 0 Å². The van der Waals surface area contributed by atoms with Crippen molar-refractivity contribution < 1.29 is 0 Å². The quantitative estimate of drug-likeness (QED) is 0.708. The van der Waals surface area contributed by atoms with Gasteiger partial charge in [-0.1, -0.05) is 24.3 Å². The molecule has 0 unspecified atom stereocenters. The first-order valence-electron chi connectivity index (χ1n) is 6.45. The van der Waals surface area contributed by atoms with Crippen molar-refractivity contribution in [2.45, 2.75) is 31.3 Å². The van der Waals surface area contributed by atoms with Gasteiger partial charge < -0.3 is 10.6 Å². The zero-order valence-corrected chi connectivity index (χ0v) is 9.79. The van der Waals surface area contributed by atoms with Gasteiger partial charge in [-0.25, -0.2) is 0 Å². The second kappa shape index (κ2) is 3.16. The molecule has 0 radical (unpaired) electrons. The lowest BCUT2D eigenvalue weighted by Crippen LogP contribution is -2.45. The number of hydrogen-bond donors (Lipinski definition) is 2. The van der Waals surface area contributed by atoms with Crippen LogP contribution < -0.4 is 10.6 Å². The molecule has 1 spiro atoms. The van der Waals surface area contributed by atoms with Crippen LogP contribution in [0.15, 0.2) is 36.4 Å². The summed E-state index contributed by atoms with van der Waals surface area (Å²) in [6.07, 6.45) is 5.08. The highest BCUT2D eigenvalue weighted by molar-refractivity contribution is 6.05. The van der Waals surface area contributed by atoms with Crippen molar-refractivity contribution in [2.24, 2.45) is 0 Å². The van der Waals surface area contributed by atoms with Crippen molar-refractivity contribution in [1.82, 2.24) is 0 Å². The molecule has 17 heavy (non-hydrogen) atoms. The van der Waals surface area contributed by atoms with E-state index in [0.29, 0.717) is 0 Å². The predicted molar refractivity (Wildman–Crippen MR) is 72.4 cm³/mol. The third-order valence-electron chi connectivity index (χ3n) is 4.11. The van der Waals surface area contributed by atoms with Crippen LogP contribution in [0, 0.1) is 0 Å². The van der Waals surface area contributed by atoms with Gasteiger partial charge in [0.15, 0.2) is 0 Å². The first kappa shape index (κ1) is 9.34. The van der Waals surface area contributed by atoms with Crippen LogP contribution in [0.3, 0.4) is 0 Å². The molecule has 4 rings (SSSR count). The van der Waals surface area contributed by atoms with Crippen LogP contribution in [0.1, 0.15) is 25.7 Å². The summed E-state index contributed by atoms with van der Waals surface area (Å²) in [5.41, 5.74) is 2.69. The van der Waals surface area contributed by atoms with E-state index in [0.717, 1.165) is 0 Å². The van der Waals surface area contributed by atoms with E-state index in [1.54, 1.807) is 0 Å². The zero-order valence-electron chi connectivity index (χ0n) is 9.79. The van der Waals surface area contributed by atoms with E-state index in [4.69, 9.17) is 0 Å². The fourth-order valence-electron chi connectivity index (χ4n) is 3.32. The third kappa shape index (κ3) is 1.27. The van der Waals surface area contributed by atoms with Crippen molar-refractivity contribution in [3.05, 3.63) is 36.4 Å². The second-order valence-corrected chi connectivity index (χ2v) is 5.25. The molecule has 1 saturated carbocycles. The molecule has 1 fully saturated rings. The highest BCUT2D eigenvalue weighted by Gasteiger charge is 2.36. The summed E-state index contributed by atoms with van der Waals surface area (Å²) in [6, 6.07) is 13.0. The number of nitrogens with one attached hydrogen (secondary N) is 2. The number of rotatable bonds is 0. The molecule has 0 bridgehead atoms. The molecule has 2 aromatic rings.